The summed E-state index contributed by atoms with van der Waals surface area (Å²) in [6, 6.07) is 18.7. The summed E-state index contributed by atoms with van der Waals surface area (Å²) >= 11 is 0. The van der Waals surface area contributed by atoms with Gasteiger partial charge < -0.3 is 5.73 Å². The molecule has 2 aliphatic rings. The highest BCUT2D eigenvalue weighted by Crippen LogP contribution is 2.56. The first-order valence-corrected chi connectivity index (χ1v) is 12.2. The Labute approximate surface area is 197 Å². The van der Waals surface area contributed by atoms with Crippen LogP contribution < -0.4 is 5.73 Å². The lowest BCUT2D eigenvalue weighted by Gasteiger charge is -2.37. The molecule has 1 saturated carbocycles. The number of hydrogen-bond donors (Lipinski definition) is 2. The number of amidine groups is 1. The predicted octanol–water partition coefficient (Wildman–Crippen LogP) is 6.31. The number of nitrogen functional groups attached to an aromatic ring is 1. The summed E-state index contributed by atoms with van der Waals surface area (Å²) in [7, 11) is 2.27. The minimum Gasteiger partial charge on any atom is -0.384 e. The molecule has 0 spiro atoms. The van der Waals surface area contributed by atoms with Gasteiger partial charge in [-0.2, -0.15) is 0 Å². The molecule has 3 nitrogen and oxygen atoms in total. The summed E-state index contributed by atoms with van der Waals surface area (Å²) in [5.74, 6) is 1.90. The van der Waals surface area contributed by atoms with Crippen molar-refractivity contribution in [1.82, 2.24) is 4.90 Å². The zero-order chi connectivity index (χ0) is 23.3. The van der Waals surface area contributed by atoms with Crippen molar-refractivity contribution >= 4 is 16.6 Å². The SMILES string of the molecule is C=CCc1cc(C2CC2c2ccc3c(c2)C(C(C)C)N(C)CC3)cc2ccc(C(=N)N)cc12. The second-order valence-electron chi connectivity index (χ2n) is 10.3. The molecule has 3 aromatic rings. The van der Waals surface area contributed by atoms with Gasteiger partial charge in [0.25, 0.3) is 0 Å². The van der Waals surface area contributed by atoms with E-state index in [0.717, 1.165) is 24.9 Å². The first-order chi connectivity index (χ1) is 15.9. The number of likely N-dealkylation sites (N-methyl/N-ethyl adjacent to an activating group) is 1. The highest BCUT2D eigenvalue weighted by Gasteiger charge is 2.40. The molecule has 1 aliphatic carbocycles. The van der Waals surface area contributed by atoms with Gasteiger partial charge in [-0.15, -0.1) is 6.58 Å². The molecule has 3 atom stereocenters. The smallest absolute Gasteiger partial charge is 0.122 e. The molecule has 1 fully saturated rings. The van der Waals surface area contributed by atoms with E-state index in [1.165, 1.54) is 39.4 Å². The van der Waals surface area contributed by atoms with Crippen LogP contribution in [0.15, 0.2) is 61.2 Å². The van der Waals surface area contributed by atoms with Crippen molar-refractivity contribution in [2.24, 2.45) is 11.7 Å². The van der Waals surface area contributed by atoms with Crippen LogP contribution in [0.25, 0.3) is 10.8 Å². The standard InChI is InChI=1S/C30H35N3/c1-5-6-20-13-24(14-21-9-10-23(30(31)32)16-25(20)21)27-17-26(27)22-8-7-19-11-12-33(4)29(18(2)3)28(19)15-22/h5,7-10,13-16,18,26-27,29H,1,6,11-12,17H2,2-4H3,(H3,31,32). The van der Waals surface area contributed by atoms with Gasteiger partial charge in [0.05, 0.1) is 0 Å². The molecule has 0 aromatic heterocycles. The fourth-order valence-electron chi connectivity index (χ4n) is 5.99. The molecule has 1 heterocycles. The van der Waals surface area contributed by atoms with E-state index >= 15 is 0 Å². The maximum absolute atomic E-state index is 7.80. The monoisotopic (exact) mass is 437 g/mol. The van der Waals surface area contributed by atoms with E-state index in [0.29, 0.717) is 23.8 Å². The van der Waals surface area contributed by atoms with Gasteiger partial charge in [-0.3, -0.25) is 10.3 Å². The van der Waals surface area contributed by atoms with Crippen molar-refractivity contribution in [3.63, 3.8) is 0 Å². The Bertz CT molecular complexity index is 1240. The normalized spacial score (nSPS) is 22.4. The third-order valence-electron chi connectivity index (χ3n) is 7.71. The van der Waals surface area contributed by atoms with Crippen molar-refractivity contribution < 1.29 is 0 Å². The van der Waals surface area contributed by atoms with Crippen LogP contribution >= 0.6 is 0 Å². The molecular formula is C30H35N3. The summed E-state index contributed by atoms with van der Waals surface area (Å²) in [6.07, 6.45) is 5.16. The van der Waals surface area contributed by atoms with Crippen molar-refractivity contribution in [1.29, 1.82) is 5.41 Å². The van der Waals surface area contributed by atoms with Gasteiger partial charge in [0.15, 0.2) is 0 Å². The molecule has 3 aromatic carbocycles. The van der Waals surface area contributed by atoms with Gasteiger partial charge in [-0.25, -0.2) is 0 Å². The second-order valence-corrected chi connectivity index (χ2v) is 10.3. The second kappa shape index (κ2) is 8.46. The highest BCUT2D eigenvalue weighted by molar-refractivity contribution is 6.00. The van der Waals surface area contributed by atoms with Gasteiger partial charge in [0.2, 0.25) is 0 Å². The molecule has 0 radical (unpaired) electrons. The summed E-state index contributed by atoms with van der Waals surface area (Å²) in [5.41, 5.74) is 13.8. The van der Waals surface area contributed by atoms with E-state index in [9.17, 15) is 0 Å². The van der Waals surface area contributed by atoms with Crippen molar-refractivity contribution in [2.75, 3.05) is 13.6 Å². The van der Waals surface area contributed by atoms with Crippen molar-refractivity contribution in [3.8, 4) is 0 Å². The molecule has 3 N–H and O–H groups in total. The molecule has 0 amide bonds. The molecule has 170 valence electrons. The van der Waals surface area contributed by atoms with E-state index in [1.54, 1.807) is 5.56 Å². The molecular weight excluding hydrogens is 402 g/mol. The van der Waals surface area contributed by atoms with Crippen LogP contribution in [-0.2, 0) is 12.8 Å². The Morgan fingerprint density at radius 2 is 1.91 bits per heavy atom. The Kier molecular flexibility index (Phi) is 5.62. The molecule has 3 unspecified atom stereocenters. The lowest BCUT2D eigenvalue weighted by atomic mass is 9.85. The largest absolute Gasteiger partial charge is 0.384 e. The fraction of sp³-hybridized carbons (Fsp3) is 0.367. The number of rotatable bonds is 6. The van der Waals surface area contributed by atoms with Gasteiger partial charge in [0, 0.05) is 18.2 Å². The minimum atomic E-state index is 0.116. The Morgan fingerprint density at radius 3 is 2.64 bits per heavy atom. The number of nitrogens with zero attached hydrogens (tertiary/aromatic N) is 1. The highest BCUT2D eigenvalue weighted by atomic mass is 15.1. The maximum Gasteiger partial charge on any atom is 0.122 e. The number of benzene rings is 3. The third-order valence-corrected chi connectivity index (χ3v) is 7.71. The van der Waals surface area contributed by atoms with Crippen LogP contribution in [-0.4, -0.2) is 24.3 Å². The molecule has 33 heavy (non-hydrogen) atoms. The third kappa shape index (κ3) is 4.00. The van der Waals surface area contributed by atoms with E-state index in [-0.39, 0.29) is 5.84 Å². The number of allylic oxidation sites excluding steroid dienone is 1. The Hall–Kier alpha value is -2.91. The average Bonchev–Trinajstić information content (AvgIpc) is 3.59. The average molecular weight is 438 g/mol. The lowest BCUT2D eigenvalue weighted by Crippen LogP contribution is -2.35. The number of nitrogens with one attached hydrogen (secondary N) is 1. The molecule has 5 rings (SSSR count). The fourth-order valence-corrected chi connectivity index (χ4v) is 5.99. The predicted molar refractivity (Wildman–Crippen MR) is 139 cm³/mol. The molecule has 1 aliphatic heterocycles. The van der Waals surface area contributed by atoms with Crippen LogP contribution in [0.3, 0.4) is 0 Å². The lowest BCUT2D eigenvalue weighted by molar-refractivity contribution is 0.181. The first-order valence-electron chi connectivity index (χ1n) is 12.2. The quantitative estimate of drug-likeness (QED) is 0.270. The zero-order valence-corrected chi connectivity index (χ0v) is 20.1. The minimum absolute atomic E-state index is 0.116. The summed E-state index contributed by atoms with van der Waals surface area (Å²) < 4.78 is 0. The van der Waals surface area contributed by atoms with E-state index in [2.05, 4.69) is 74.8 Å². The van der Waals surface area contributed by atoms with Crippen LogP contribution in [0.1, 0.15) is 71.5 Å². The topological polar surface area (TPSA) is 53.1 Å². The van der Waals surface area contributed by atoms with E-state index in [4.69, 9.17) is 11.1 Å². The zero-order valence-electron chi connectivity index (χ0n) is 20.1. The van der Waals surface area contributed by atoms with Crippen LogP contribution in [0.2, 0.25) is 0 Å². The molecule has 0 bridgehead atoms. The Morgan fingerprint density at radius 1 is 1.12 bits per heavy atom. The number of hydrogen-bond acceptors (Lipinski definition) is 2. The van der Waals surface area contributed by atoms with Gasteiger partial charge in [-0.05, 0) is 88.7 Å². The van der Waals surface area contributed by atoms with Gasteiger partial charge >= 0.3 is 0 Å². The van der Waals surface area contributed by atoms with Crippen LogP contribution in [0.4, 0.5) is 0 Å². The van der Waals surface area contributed by atoms with E-state index < -0.39 is 0 Å². The Balaban J connectivity index is 1.48. The summed E-state index contributed by atoms with van der Waals surface area (Å²) in [6.45, 7) is 9.81. The van der Waals surface area contributed by atoms with Gasteiger partial charge in [-0.1, -0.05) is 62.4 Å². The maximum atomic E-state index is 7.80. The summed E-state index contributed by atoms with van der Waals surface area (Å²) in [4.78, 5) is 2.53. The van der Waals surface area contributed by atoms with Gasteiger partial charge in [0.1, 0.15) is 5.84 Å². The van der Waals surface area contributed by atoms with E-state index in [1.807, 2.05) is 12.1 Å². The molecule has 3 heteroatoms. The van der Waals surface area contributed by atoms with Crippen molar-refractivity contribution in [3.05, 3.63) is 94.6 Å². The van der Waals surface area contributed by atoms with Crippen LogP contribution in [0.5, 0.6) is 0 Å². The van der Waals surface area contributed by atoms with Crippen molar-refractivity contribution in [2.45, 2.75) is 51.0 Å². The summed E-state index contributed by atoms with van der Waals surface area (Å²) in [5, 5.41) is 10.2. The first kappa shape index (κ1) is 21.9. The van der Waals surface area contributed by atoms with Crippen LogP contribution in [0, 0.1) is 11.3 Å². The number of nitrogens with two attached hydrogens (primary N) is 1. The molecule has 0 saturated heterocycles. The number of fused-ring (bicyclic) bond motifs is 2.